The lowest BCUT2D eigenvalue weighted by Crippen LogP contribution is -2.25. The second-order valence-corrected chi connectivity index (χ2v) is 6.25. The van der Waals surface area contributed by atoms with E-state index in [1.54, 1.807) is 11.8 Å². The van der Waals surface area contributed by atoms with Crippen LogP contribution in [-0.4, -0.2) is 22.7 Å². The lowest BCUT2D eigenvalue weighted by molar-refractivity contribution is 0.364. The van der Waals surface area contributed by atoms with Gasteiger partial charge in [-0.3, -0.25) is 0 Å². The molecule has 0 spiro atoms. The van der Waals surface area contributed by atoms with E-state index in [0.29, 0.717) is 23.5 Å². The summed E-state index contributed by atoms with van der Waals surface area (Å²) in [5.41, 5.74) is 0. The SMILES string of the molecule is CCNC(C)CCc1nc(CSc2ccccc2Cl)no1. The van der Waals surface area contributed by atoms with Crippen LogP contribution in [0, 0.1) is 0 Å². The van der Waals surface area contributed by atoms with Crippen LogP contribution >= 0.6 is 23.4 Å². The third kappa shape index (κ3) is 5.34. The van der Waals surface area contributed by atoms with Crippen LogP contribution in [-0.2, 0) is 12.2 Å². The molecule has 0 aliphatic heterocycles. The fourth-order valence-electron chi connectivity index (χ4n) is 1.94. The molecule has 0 aliphatic rings. The van der Waals surface area contributed by atoms with Crippen LogP contribution in [0.3, 0.4) is 0 Å². The van der Waals surface area contributed by atoms with Crippen molar-refractivity contribution in [2.24, 2.45) is 0 Å². The molecular formula is C15H20ClN3OS. The Balaban J connectivity index is 1.82. The van der Waals surface area contributed by atoms with Gasteiger partial charge in [0, 0.05) is 17.4 Å². The molecule has 2 rings (SSSR count). The quantitative estimate of drug-likeness (QED) is 0.745. The summed E-state index contributed by atoms with van der Waals surface area (Å²) in [6.07, 6.45) is 1.80. The van der Waals surface area contributed by atoms with Crippen molar-refractivity contribution < 1.29 is 4.52 Å². The van der Waals surface area contributed by atoms with Crippen LogP contribution in [0.15, 0.2) is 33.7 Å². The van der Waals surface area contributed by atoms with E-state index in [1.165, 1.54) is 0 Å². The minimum Gasteiger partial charge on any atom is -0.339 e. The summed E-state index contributed by atoms with van der Waals surface area (Å²) in [7, 11) is 0. The van der Waals surface area contributed by atoms with Crippen LogP contribution in [0.25, 0.3) is 0 Å². The van der Waals surface area contributed by atoms with Crippen LogP contribution < -0.4 is 5.32 Å². The van der Waals surface area contributed by atoms with E-state index < -0.39 is 0 Å². The molecule has 0 fully saturated rings. The van der Waals surface area contributed by atoms with E-state index in [-0.39, 0.29) is 0 Å². The van der Waals surface area contributed by atoms with Crippen molar-refractivity contribution >= 4 is 23.4 Å². The maximum absolute atomic E-state index is 6.12. The topological polar surface area (TPSA) is 51.0 Å². The molecule has 0 bridgehead atoms. The first-order valence-electron chi connectivity index (χ1n) is 7.11. The number of aromatic nitrogens is 2. The number of rotatable bonds is 8. The lowest BCUT2D eigenvalue weighted by Gasteiger charge is -2.09. The average molecular weight is 326 g/mol. The third-order valence-electron chi connectivity index (χ3n) is 3.05. The molecule has 114 valence electrons. The Hall–Kier alpha value is -1.04. The molecule has 1 heterocycles. The maximum Gasteiger partial charge on any atom is 0.226 e. The van der Waals surface area contributed by atoms with E-state index >= 15 is 0 Å². The summed E-state index contributed by atoms with van der Waals surface area (Å²) in [4.78, 5) is 5.45. The zero-order valence-electron chi connectivity index (χ0n) is 12.3. The van der Waals surface area contributed by atoms with Gasteiger partial charge in [0.15, 0.2) is 5.82 Å². The van der Waals surface area contributed by atoms with E-state index in [9.17, 15) is 0 Å². The van der Waals surface area contributed by atoms with Crippen molar-refractivity contribution in [2.45, 2.75) is 43.4 Å². The summed E-state index contributed by atoms with van der Waals surface area (Å²) < 4.78 is 5.28. The standard InChI is InChI=1S/C15H20ClN3OS/c1-3-17-11(2)8-9-15-18-14(19-20-15)10-21-13-7-5-4-6-12(13)16/h4-7,11,17H,3,8-10H2,1-2H3. The predicted octanol–water partition coefficient (Wildman–Crippen LogP) is 3.95. The first-order chi connectivity index (χ1) is 10.2. The number of hydrogen-bond donors (Lipinski definition) is 1. The van der Waals surface area contributed by atoms with E-state index in [2.05, 4.69) is 29.3 Å². The average Bonchev–Trinajstić information content (AvgIpc) is 2.93. The van der Waals surface area contributed by atoms with Gasteiger partial charge in [0.05, 0.1) is 10.8 Å². The van der Waals surface area contributed by atoms with Gasteiger partial charge in [-0.15, -0.1) is 11.8 Å². The van der Waals surface area contributed by atoms with Crippen molar-refractivity contribution in [3.8, 4) is 0 Å². The number of benzene rings is 1. The molecule has 1 atom stereocenters. The zero-order chi connectivity index (χ0) is 15.1. The number of nitrogens with one attached hydrogen (secondary N) is 1. The Morgan fingerprint density at radius 2 is 2.19 bits per heavy atom. The normalized spacial score (nSPS) is 12.5. The Kier molecular flexibility index (Phi) is 6.54. The molecule has 6 heteroatoms. The highest BCUT2D eigenvalue weighted by molar-refractivity contribution is 7.98. The second-order valence-electron chi connectivity index (χ2n) is 4.82. The van der Waals surface area contributed by atoms with Gasteiger partial charge in [0.1, 0.15) is 0 Å². The minimum absolute atomic E-state index is 0.461. The molecule has 0 saturated carbocycles. The highest BCUT2D eigenvalue weighted by Gasteiger charge is 2.09. The van der Waals surface area contributed by atoms with Gasteiger partial charge < -0.3 is 9.84 Å². The van der Waals surface area contributed by atoms with Crippen LogP contribution in [0.1, 0.15) is 32.0 Å². The largest absolute Gasteiger partial charge is 0.339 e. The monoisotopic (exact) mass is 325 g/mol. The zero-order valence-corrected chi connectivity index (χ0v) is 13.9. The smallest absolute Gasteiger partial charge is 0.226 e. The lowest BCUT2D eigenvalue weighted by atomic mass is 10.2. The molecule has 1 aromatic heterocycles. The van der Waals surface area contributed by atoms with Crippen molar-refractivity contribution in [3.05, 3.63) is 41.0 Å². The molecule has 1 aromatic carbocycles. The summed E-state index contributed by atoms with van der Waals surface area (Å²) in [6, 6.07) is 8.23. The van der Waals surface area contributed by atoms with E-state index in [0.717, 1.165) is 29.3 Å². The van der Waals surface area contributed by atoms with Gasteiger partial charge in [-0.2, -0.15) is 4.98 Å². The number of hydrogen-bond acceptors (Lipinski definition) is 5. The van der Waals surface area contributed by atoms with Crippen LogP contribution in [0.5, 0.6) is 0 Å². The summed E-state index contributed by atoms with van der Waals surface area (Å²) in [5, 5.41) is 8.14. The molecule has 1 N–H and O–H groups in total. The second kappa shape index (κ2) is 8.41. The first-order valence-corrected chi connectivity index (χ1v) is 8.47. The molecule has 2 aromatic rings. The first kappa shape index (κ1) is 16.3. The summed E-state index contributed by atoms with van der Waals surface area (Å²) >= 11 is 7.73. The van der Waals surface area contributed by atoms with Crippen LogP contribution in [0.4, 0.5) is 0 Å². The molecule has 0 aliphatic carbocycles. The Morgan fingerprint density at radius 1 is 1.38 bits per heavy atom. The Morgan fingerprint density at radius 3 is 2.95 bits per heavy atom. The predicted molar refractivity (Wildman–Crippen MR) is 86.8 cm³/mol. The number of halogens is 1. The van der Waals surface area contributed by atoms with Crippen molar-refractivity contribution in [3.63, 3.8) is 0 Å². The summed E-state index contributed by atoms with van der Waals surface area (Å²) in [5.74, 6) is 2.08. The Bertz CT molecular complexity index is 561. The van der Waals surface area contributed by atoms with E-state index in [4.69, 9.17) is 16.1 Å². The molecular weight excluding hydrogens is 306 g/mol. The minimum atomic E-state index is 0.461. The summed E-state index contributed by atoms with van der Waals surface area (Å²) in [6.45, 7) is 5.24. The molecule has 0 amide bonds. The highest BCUT2D eigenvalue weighted by atomic mass is 35.5. The van der Waals surface area contributed by atoms with Gasteiger partial charge >= 0.3 is 0 Å². The third-order valence-corrected chi connectivity index (χ3v) is 4.56. The fourth-order valence-corrected chi connectivity index (χ4v) is 3.03. The molecule has 21 heavy (non-hydrogen) atoms. The van der Waals surface area contributed by atoms with Gasteiger partial charge in [-0.1, -0.05) is 35.8 Å². The number of thioether (sulfide) groups is 1. The van der Waals surface area contributed by atoms with Crippen molar-refractivity contribution in [2.75, 3.05) is 6.54 Å². The molecule has 1 unspecified atom stereocenters. The molecule has 0 saturated heterocycles. The van der Waals surface area contributed by atoms with Crippen molar-refractivity contribution in [1.82, 2.24) is 15.5 Å². The van der Waals surface area contributed by atoms with Crippen molar-refractivity contribution in [1.29, 1.82) is 0 Å². The van der Waals surface area contributed by atoms with E-state index in [1.807, 2.05) is 24.3 Å². The van der Waals surface area contributed by atoms with Gasteiger partial charge in [0.25, 0.3) is 0 Å². The Labute approximate surface area is 134 Å². The fraction of sp³-hybridized carbons (Fsp3) is 0.467. The molecule has 4 nitrogen and oxygen atoms in total. The number of nitrogens with zero attached hydrogens (tertiary/aromatic N) is 2. The molecule has 0 radical (unpaired) electrons. The van der Waals surface area contributed by atoms with Gasteiger partial charge in [-0.05, 0) is 32.0 Å². The van der Waals surface area contributed by atoms with Gasteiger partial charge in [-0.25, -0.2) is 0 Å². The maximum atomic E-state index is 6.12. The highest BCUT2D eigenvalue weighted by Crippen LogP contribution is 2.28. The van der Waals surface area contributed by atoms with Gasteiger partial charge in [0.2, 0.25) is 5.89 Å². The number of aryl methyl sites for hydroxylation is 1. The van der Waals surface area contributed by atoms with Crippen LogP contribution in [0.2, 0.25) is 5.02 Å².